The molecule has 1 N–H and O–H groups in total. The summed E-state index contributed by atoms with van der Waals surface area (Å²) in [5, 5.41) is 15.4. The molecule has 0 aliphatic rings. The zero-order chi connectivity index (χ0) is 11.5. The summed E-state index contributed by atoms with van der Waals surface area (Å²) in [4.78, 5) is 5.08. The summed E-state index contributed by atoms with van der Waals surface area (Å²) in [6.07, 6.45) is 0.888. The van der Waals surface area contributed by atoms with Gasteiger partial charge in [0.05, 0.1) is 0 Å². The van der Waals surface area contributed by atoms with Gasteiger partial charge in [-0.25, -0.2) is 0 Å². The van der Waals surface area contributed by atoms with Crippen molar-refractivity contribution in [2.45, 2.75) is 25.9 Å². The second kappa shape index (κ2) is 5.07. The predicted molar refractivity (Wildman–Crippen MR) is 65.2 cm³/mol. The van der Waals surface area contributed by atoms with Crippen LogP contribution in [-0.2, 0) is 0 Å². The maximum absolute atomic E-state index is 9.71. The Morgan fingerprint density at radius 3 is 3.06 bits per heavy atom. The molecule has 2 aromatic rings. The van der Waals surface area contributed by atoms with Crippen LogP contribution in [0.25, 0.3) is 10.8 Å². The quantitative estimate of drug-likeness (QED) is 0.940. The van der Waals surface area contributed by atoms with E-state index in [4.69, 9.17) is 4.52 Å². The van der Waals surface area contributed by atoms with Crippen LogP contribution in [0.4, 0.5) is 0 Å². The van der Waals surface area contributed by atoms with E-state index >= 15 is 0 Å². The molecule has 0 aliphatic carbocycles. The fourth-order valence-corrected chi connectivity index (χ4v) is 2.77. The Kier molecular flexibility index (Phi) is 3.73. The van der Waals surface area contributed by atoms with Gasteiger partial charge >= 0.3 is 0 Å². The van der Waals surface area contributed by atoms with Crippen molar-refractivity contribution < 1.29 is 9.63 Å². The lowest BCUT2D eigenvalue weighted by Gasteiger charge is -2.01. The van der Waals surface area contributed by atoms with Crippen LogP contribution in [0.1, 0.15) is 31.7 Å². The zero-order valence-corrected chi connectivity index (χ0v) is 11.1. The van der Waals surface area contributed by atoms with Crippen LogP contribution in [0.2, 0.25) is 0 Å². The molecule has 0 saturated carbocycles. The molecule has 0 aromatic carbocycles. The van der Waals surface area contributed by atoms with Crippen molar-refractivity contribution in [1.82, 2.24) is 10.1 Å². The van der Waals surface area contributed by atoms with Crippen molar-refractivity contribution in [2.75, 3.05) is 0 Å². The van der Waals surface area contributed by atoms with Crippen molar-refractivity contribution in [3.8, 4) is 10.8 Å². The molecule has 2 aromatic heterocycles. The van der Waals surface area contributed by atoms with Gasteiger partial charge in [0.1, 0.15) is 11.0 Å². The normalized spacial score (nSPS) is 12.9. The Balaban J connectivity index is 2.23. The van der Waals surface area contributed by atoms with Gasteiger partial charge in [-0.3, -0.25) is 0 Å². The highest BCUT2D eigenvalue weighted by Crippen LogP contribution is 2.32. The summed E-state index contributed by atoms with van der Waals surface area (Å²) >= 11 is 4.92. The standard InChI is InChI=1S/C10H11BrN2O2S/c1-2-3-7(14)9-12-10(15-13-9)8-6(11)4-5-16-8/h4-5,7,14H,2-3H2,1H3. The Morgan fingerprint density at radius 1 is 1.62 bits per heavy atom. The average molecular weight is 303 g/mol. The summed E-state index contributed by atoms with van der Waals surface area (Å²) < 4.78 is 6.05. The van der Waals surface area contributed by atoms with Gasteiger partial charge in [-0.05, 0) is 33.8 Å². The van der Waals surface area contributed by atoms with E-state index < -0.39 is 6.10 Å². The molecule has 0 bridgehead atoms. The summed E-state index contributed by atoms with van der Waals surface area (Å²) in [6, 6.07) is 1.92. The van der Waals surface area contributed by atoms with Crippen LogP contribution in [0.5, 0.6) is 0 Å². The minimum Gasteiger partial charge on any atom is -0.385 e. The zero-order valence-electron chi connectivity index (χ0n) is 8.68. The van der Waals surface area contributed by atoms with Gasteiger partial charge in [0.15, 0.2) is 0 Å². The Bertz CT molecular complexity index is 469. The lowest BCUT2D eigenvalue weighted by molar-refractivity contribution is 0.153. The fraction of sp³-hybridized carbons (Fsp3) is 0.400. The molecule has 0 saturated heterocycles. The van der Waals surface area contributed by atoms with Gasteiger partial charge in [-0.15, -0.1) is 11.3 Å². The molecule has 2 rings (SSSR count). The van der Waals surface area contributed by atoms with Gasteiger partial charge in [0.2, 0.25) is 5.82 Å². The van der Waals surface area contributed by atoms with Crippen LogP contribution in [0.15, 0.2) is 20.4 Å². The lowest BCUT2D eigenvalue weighted by atomic mass is 10.2. The predicted octanol–water partition coefficient (Wildman–Crippen LogP) is 3.39. The third-order valence-electron chi connectivity index (χ3n) is 2.11. The summed E-state index contributed by atoms with van der Waals surface area (Å²) in [5.74, 6) is 0.809. The third kappa shape index (κ3) is 2.34. The molecule has 1 atom stereocenters. The topological polar surface area (TPSA) is 59.2 Å². The van der Waals surface area contributed by atoms with Crippen LogP contribution in [-0.4, -0.2) is 15.2 Å². The number of aliphatic hydroxyl groups excluding tert-OH is 1. The summed E-state index contributed by atoms with van der Waals surface area (Å²) in [6.45, 7) is 2.00. The molecule has 0 aliphatic heterocycles. The summed E-state index contributed by atoms with van der Waals surface area (Å²) in [5.41, 5.74) is 0. The van der Waals surface area contributed by atoms with Crippen molar-refractivity contribution in [3.63, 3.8) is 0 Å². The van der Waals surface area contributed by atoms with E-state index in [1.54, 1.807) is 0 Å². The smallest absolute Gasteiger partial charge is 0.269 e. The monoisotopic (exact) mass is 302 g/mol. The molecule has 6 heteroatoms. The van der Waals surface area contributed by atoms with Crippen LogP contribution < -0.4 is 0 Å². The number of aromatic nitrogens is 2. The van der Waals surface area contributed by atoms with E-state index in [0.29, 0.717) is 18.1 Å². The second-order valence-corrected chi connectivity index (χ2v) is 5.13. The molecular weight excluding hydrogens is 292 g/mol. The molecule has 0 spiro atoms. The lowest BCUT2D eigenvalue weighted by Crippen LogP contribution is -1.98. The minimum absolute atomic E-state index is 0.358. The third-order valence-corrected chi connectivity index (χ3v) is 3.94. The van der Waals surface area contributed by atoms with Gasteiger partial charge in [0.25, 0.3) is 5.89 Å². The Labute approximate surface area is 105 Å². The maximum atomic E-state index is 9.71. The van der Waals surface area contributed by atoms with Gasteiger partial charge in [-0.2, -0.15) is 4.98 Å². The molecule has 0 radical (unpaired) electrons. The maximum Gasteiger partial charge on any atom is 0.269 e. The first kappa shape index (κ1) is 11.8. The molecular formula is C10H11BrN2O2S. The molecule has 4 nitrogen and oxygen atoms in total. The first-order valence-corrected chi connectivity index (χ1v) is 6.64. The van der Waals surface area contributed by atoms with Crippen molar-refractivity contribution in [2.24, 2.45) is 0 Å². The first-order valence-electron chi connectivity index (χ1n) is 4.97. The molecule has 0 fully saturated rings. The van der Waals surface area contributed by atoms with E-state index in [2.05, 4.69) is 26.1 Å². The van der Waals surface area contributed by atoms with Gasteiger partial charge in [0, 0.05) is 4.47 Å². The Hall–Kier alpha value is -0.720. The van der Waals surface area contributed by atoms with E-state index in [1.165, 1.54) is 11.3 Å². The second-order valence-electron chi connectivity index (χ2n) is 3.36. The number of thiophene rings is 1. The molecule has 1 unspecified atom stereocenters. The van der Waals surface area contributed by atoms with E-state index in [9.17, 15) is 5.11 Å². The number of hydrogen-bond donors (Lipinski definition) is 1. The Morgan fingerprint density at radius 2 is 2.44 bits per heavy atom. The van der Waals surface area contributed by atoms with E-state index in [-0.39, 0.29) is 0 Å². The van der Waals surface area contributed by atoms with Crippen LogP contribution in [0, 0.1) is 0 Å². The fourth-order valence-electron chi connectivity index (χ4n) is 1.31. The molecule has 86 valence electrons. The van der Waals surface area contributed by atoms with Crippen molar-refractivity contribution in [3.05, 3.63) is 21.7 Å². The first-order chi connectivity index (χ1) is 7.72. The number of hydrogen-bond acceptors (Lipinski definition) is 5. The van der Waals surface area contributed by atoms with Crippen LogP contribution >= 0.6 is 27.3 Å². The highest BCUT2D eigenvalue weighted by Gasteiger charge is 2.17. The number of rotatable bonds is 4. The number of nitrogens with zero attached hydrogens (tertiary/aromatic N) is 2. The minimum atomic E-state index is -0.638. The van der Waals surface area contributed by atoms with E-state index in [0.717, 1.165) is 15.8 Å². The SMILES string of the molecule is CCCC(O)c1noc(-c2sccc2Br)n1. The van der Waals surface area contributed by atoms with E-state index in [1.807, 2.05) is 18.4 Å². The largest absolute Gasteiger partial charge is 0.385 e. The molecule has 0 amide bonds. The molecule has 16 heavy (non-hydrogen) atoms. The molecule has 2 heterocycles. The van der Waals surface area contributed by atoms with Crippen molar-refractivity contribution >= 4 is 27.3 Å². The average Bonchev–Trinajstić information content (AvgIpc) is 2.86. The van der Waals surface area contributed by atoms with Gasteiger partial charge in [-0.1, -0.05) is 18.5 Å². The number of aliphatic hydroxyl groups is 1. The van der Waals surface area contributed by atoms with Crippen LogP contribution in [0.3, 0.4) is 0 Å². The highest BCUT2D eigenvalue weighted by molar-refractivity contribution is 9.10. The summed E-state index contributed by atoms with van der Waals surface area (Å²) in [7, 11) is 0. The van der Waals surface area contributed by atoms with Crippen molar-refractivity contribution in [1.29, 1.82) is 0 Å². The van der Waals surface area contributed by atoms with Gasteiger partial charge < -0.3 is 9.63 Å². The number of halogens is 1. The highest BCUT2D eigenvalue weighted by atomic mass is 79.9.